The lowest BCUT2D eigenvalue weighted by Crippen LogP contribution is -2.32. The molecule has 0 unspecified atom stereocenters. The van der Waals surface area contributed by atoms with E-state index in [1.54, 1.807) is 0 Å². The second-order valence-corrected chi connectivity index (χ2v) is 3.75. The number of nitrogen functional groups attached to an aromatic ring is 1. The van der Waals surface area contributed by atoms with Crippen LogP contribution in [0, 0.1) is 0 Å². The van der Waals surface area contributed by atoms with Crippen molar-refractivity contribution in [3.8, 4) is 0 Å². The van der Waals surface area contributed by atoms with Gasteiger partial charge in [-0.25, -0.2) is 4.79 Å². The van der Waals surface area contributed by atoms with Gasteiger partial charge in [0.15, 0.2) is 0 Å². The minimum atomic E-state index is -0.479. The monoisotopic (exact) mass is 226 g/mol. The molecule has 2 heterocycles. The molecule has 0 aliphatic carbocycles. The number of aliphatic hydroxyl groups is 1. The lowest BCUT2D eigenvalue weighted by molar-refractivity contribution is -0.0270. The van der Waals surface area contributed by atoms with Gasteiger partial charge in [0.25, 0.3) is 0 Å². The first-order valence-electron chi connectivity index (χ1n) is 4.98. The number of anilines is 1. The molecular formula is C9H14N4O3. The van der Waals surface area contributed by atoms with Gasteiger partial charge in [0.05, 0.1) is 12.7 Å². The van der Waals surface area contributed by atoms with Crippen LogP contribution in [0.4, 0.5) is 5.82 Å². The third-order valence-electron chi connectivity index (χ3n) is 2.62. The molecule has 5 N–H and O–H groups in total. The Labute approximate surface area is 91.6 Å². The summed E-state index contributed by atoms with van der Waals surface area (Å²) in [6, 6.07) is 1.24. The van der Waals surface area contributed by atoms with E-state index in [0.717, 1.165) is 0 Å². The molecule has 1 aromatic heterocycles. The SMILES string of the molecule is Nc1ccn([C@@H]2C[C@@H](N)[C@H](CO)O2)c(=O)n1. The third kappa shape index (κ3) is 1.92. The maximum absolute atomic E-state index is 11.5. The molecule has 7 nitrogen and oxygen atoms in total. The number of hydrogen-bond acceptors (Lipinski definition) is 6. The summed E-state index contributed by atoms with van der Waals surface area (Å²) < 4.78 is 6.76. The van der Waals surface area contributed by atoms with Gasteiger partial charge in [-0.3, -0.25) is 4.57 Å². The molecule has 1 aliphatic rings. The molecule has 88 valence electrons. The van der Waals surface area contributed by atoms with E-state index < -0.39 is 18.0 Å². The minimum Gasteiger partial charge on any atom is -0.394 e. The van der Waals surface area contributed by atoms with Gasteiger partial charge >= 0.3 is 5.69 Å². The van der Waals surface area contributed by atoms with E-state index in [1.807, 2.05) is 0 Å². The Hall–Kier alpha value is -1.44. The lowest BCUT2D eigenvalue weighted by Gasteiger charge is -2.14. The van der Waals surface area contributed by atoms with E-state index in [4.69, 9.17) is 21.3 Å². The Bertz CT molecular complexity index is 433. The van der Waals surface area contributed by atoms with Gasteiger partial charge in [-0.1, -0.05) is 0 Å². The van der Waals surface area contributed by atoms with Crippen LogP contribution in [-0.2, 0) is 4.74 Å². The zero-order valence-electron chi connectivity index (χ0n) is 8.61. The van der Waals surface area contributed by atoms with E-state index in [9.17, 15) is 4.79 Å². The molecule has 2 rings (SSSR count). The van der Waals surface area contributed by atoms with Crippen LogP contribution in [0.5, 0.6) is 0 Å². The normalized spacial score (nSPS) is 29.5. The molecule has 7 heteroatoms. The van der Waals surface area contributed by atoms with Crippen molar-refractivity contribution in [1.82, 2.24) is 9.55 Å². The molecule has 16 heavy (non-hydrogen) atoms. The van der Waals surface area contributed by atoms with E-state index in [0.29, 0.717) is 6.42 Å². The van der Waals surface area contributed by atoms with E-state index >= 15 is 0 Å². The number of aromatic nitrogens is 2. The average molecular weight is 226 g/mol. The number of nitrogens with zero attached hydrogens (tertiary/aromatic N) is 2. The second kappa shape index (κ2) is 4.20. The van der Waals surface area contributed by atoms with Crippen LogP contribution in [0.2, 0.25) is 0 Å². The summed E-state index contributed by atoms with van der Waals surface area (Å²) >= 11 is 0. The Balaban J connectivity index is 2.23. The Morgan fingerprint density at radius 3 is 3.00 bits per heavy atom. The summed E-state index contributed by atoms with van der Waals surface area (Å²) in [5, 5.41) is 8.99. The van der Waals surface area contributed by atoms with Gasteiger partial charge in [-0.2, -0.15) is 4.98 Å². The van der Waals surface area contributed by atoms with E-state index in [2.05, 4.69) is 4.98 Å². The summed E-state index contributed by atoms with van der Waals surface area (Å²) in [5.74, 6) is 0.169. The summed E-state index contributed by atoms with van der Waals surface area (Å²) in [5.41, 5.74) is 10.7. The molecule has 0 aromatic carbocycles. The molecule has 0 saturated carbocycles. The number of hydrogen-bond donors (Lipinski definition) is 3. The summed E-state index contributed by atoms with van der Waals surface area (Å²) in [4.78, 5) is 15.1. The first-order chi connectivity index (χ1) is 7.61. The molecule has 0 radical (unpaired) electrons. The fraction of sp³-hybridized carbons (Fsp3) is 0.556. The molecule has 0 spiro atoms. The topological polar surface area (TPSA) is 116 Å². The van der Waals surface area contributed by atoms with Crippen LogP contribution < -0.4 is 17.2 Å². The standard InChI is InChI=1S/C9H14N4O3/c10-5-3-8(16-6(5)4-14)13-2-1-7(11)12-9(13)15/h1-2,5-6,8,14H,3-4,10H2,(H2,11,12,15)/t5-,6+,8+/m1/s1. The highest BCUT2D eigenvalue weighted by atomic mass is 16.5. The molecule has 1 aromatic rings. The Kier molecular flexibility index (Phi) is 2.90. The fourth-order valence-electron chi connectivity index (χ4n) is 1.75. The second-order valence-electron chi connectivity index (χ2n) is 3.75. The predicted octanol–water partition coefficient (Wildman–Crippen LogP) is -1.57. The van der Waals surface area contributed by atoms with E-state index in [1.165, 1.54) is 16.8 Å². The van der Waals surface area contributed by atoms with Crippen molar-refractivity contribution < 1.29 is 9.84 Å². The van der Waals surface area contributed by atoms with Gasteiger partial charge in [0, 0.05) is 18.7 Å². The van der Waals surface area contributed by atoms with Crippen molar-refractivity contribution in [2.24, 2.45) is 5.73 Å². The molecule has 1 saturated heterocycles. The molecule has 0 bridgehead atoms. The summed E-state index contributed by atoms with van der Waals surface area (Å²) in [6.07, 6.45) is 1.07. The van der Waals surface area contributed by atoms with Crippen LogP contribution in [0.1, 0.15) is 12.6 Å². The fourth-order valence-corrected chi connectivity index (χ4v) is 1.75. The van der Waals surface area contributed by atoms with Crippen LogP contribution in [0.15, 0.2) is 17.1 Å². The Morgan fingerprint density at radius 1 is 1.69 bits per heavy atom. The van der Waals surface area contributed by atoms with Crippen molar-refractivity contribution in [1.29, 1.82) is 0 Å². The smallest absolute Gasteiger partial charge is 0.351 e. The maximum atomic E-state index is 11.5. The summed E-state index contributed by atoms with van der Waals surface area (Å²) in [6.45, 7) is -0.158. The lowest BCUT2D eigenvalue weighted by atomic mass is 10.1. The third-order valence-corrected chi connectivity index (χ3v) is 2.62. The zero-order chi connectivity index (χ0) is 11.7. The van der Waals surface area contributed by atoms with Gasteiger partial charge in [-0.15, -0.1) is 0 Å². The first kappa shape index (κ1) is 11.1. The van der Waals surface area contributed by atoms with Gasteiger partial charge in [-0.05, 0) is 6.07 Å². The van der Waals surface area contributed by atoms with Crippen molar-refractivity contribution in [3.05, 3.63) is 22.7 Å². The number of ether oxygens (including phenoxy) is 1. The largest absolute Gasteiger partial charge is 0.394 e. The van der Waals surface area contributed by atoms with Crippen LogP contribution in [-0.4, -0.2) is 33.4 Å². The van der Waals surface area contributed by atoms with Crippen molar-refractivity contribution >= 4 is 5.82 Å². The van der Waals surface area contributed by atoms with Gasteiger partial charge in [0.2, 0.25) is 0 Å². The predicted molar refractivity (Wildman–Crippen MR) is 56.5 cm³/mol. The molecule has 1 fully saturated rings. The highest BCUT2D eigenvalue weighted by Crippen LogP contribution is 2.25. The van der Waals surface area contributed by atoms with E-state index in [-0.39, 0.29) is 18.5 Å². The Morgan fingerprint density at radius 2 is 2.44 bits per heavy atom. The number of rotatable bonds is 2. The van der Waals surface area contributed by atoms with Gasteiger partial charge < -0.3 is 21.3 Å². The number of aliphatic hydroxyl groups excluding tert-OH is 1. The summed E-state index contributed by atoms with van der Waals surface area (Å²) in [7, 11) is 0. The van der Waals surface area contributed by atoms with Crippen LogP contribution in [0.3, 0.4) is 0 Å². The highest BCUT2D eigenvalue weighted by molar-refractivity contribution is 5.23. The quantitative estimate of drug-likeness (QED) is 0.561. The van der Waals surface area contributed by atoms with Crippen LogP contribution in [0.25, 0.3) is 0 Å². The van der Waals surface area contributed by atoms with Crippen molar-refractivity contribution in [2.75, 3.05) is 12.3 Å². The van der Waals surface area contributed by atoms with Crippen LogP contribution >= 0.6 is 0 Å². The highest BCUT2D eigenvalue weighted by Gasteiger charge is 2.33. The zero-order valence-corrected chi connectivity index (χ0v) is 8.61. The average Bonchev–Trinajstić information content (AvgIpc) is 2.59. The molecule has 3 atom stereocenters. The first-order valence-corrected chi connectivity index (χ1v) is 4.98. The maximum Gasteiger partial charge on any atom is 0.351 e. The van der Waals surface area contributed by atoms with Crippen molar-refractivity contribution in [3.63, 3.8) is 0 Å². The van der Waals surface area contributed by atoms with Crippen molar-refractivity contribution in [2.45, 2.75) is 24.8 Å². The molecule has 0 amide bonds. The van der Waals surface area contributed by atoms with Gasteiger partial charge in [0.1, 0.15) is 12.0 Å². The molecule has 1 aliphatic heterocycles. The minimum absolute atomic E-state index is 0.158. The molecular weight excluding hydrogens is 212 g/mol. The number of nitrogens with two attached hydrogens (primary N) is 2.